The van der Waals surface area contributed by atoms with E-state index < -0.39 is 34.4 Å². The largest absolute Gasteiger partial charge is 0.496 e. The average Bonchev–Trinajstić information content (AvgIpc) is 2.52. The molecule has 0 amide bonds. The number of aromatic nitrogens is 1. The van der Waals surface area contributed by atoms with E-state index in [1.807, 2.05) is 4.98 Å². The highest BCUT2D eigenvalue weighted by Gasteiger charge is 2.30. The number of hydrogen-bond acceptors (Lipinski definition) is 6. The zero-order chi connectivity index (χ0) is 18.0. The molecule has 0 aliphatic heterocycles. The van der Waals surface area contributed by atoms with Gasteiger partial charge in [0.1, 0.15) is 28.4 Å². The van der Waals surface area contributed by atoms with Crippen molar-refractivity contribution >= 4 is 17.8 Å². The Bertz CT molecular complexity index is 864. The summed E-state index contributed by atoms with van der Waals surface area (Å²) in [5.41, 5.74) is 2.86. The predicted octanol–water partition coefficient (Wildman–Crippen LogP) is 1.04. The lowest BCUT2D eigenvalue weighted by Gasteiger charge is -2.17. The fourth-order valence-electron chi connectivity index (χ4n) is 2.39. The molecule has 0 bridgehead atoms. The molecule has 0 spiro atoms. The monoisotopic (exact) mass is 334 g/mol. The molecule has 0 aliphatic carbocycles. The summed E-state index contributed by atoms with van der Waals surface area (Å²) < 4.78 is 10.3. The van der Waals surface area contributed by atoms with Gasteiger partial charge >= 0.3 is 11.9 Å². The van der Waals surface area contributed by atoms with Gasteiger partial charge in [0.2, 0.25) is 0 Å². The van der Waals surface area contributed by atoms with E-state index in [9.17, 15) is 24.6 Å². The van der Waals surface area contributed by atoms with Gasteiger partial charge in [0.15, 0.2) is 0 Å². The third-order valence-electron chi connectivity index (χ3n) is 3.35. The minimum absolute atomic E-state index is 0.00935. The van der Waals surface area contributed by atoms with Crippen LogP contribution in [0.15, 0.2) is 23.0 Å². The van der Waals surface area contributed by atoms with Crippen LogP contribution in [0.4, 0.5) is 5.82 Å². The molecular formula is C15H14N2O7. The Labute approximate surface area is 135 Å². The van der Waals surface area contributed by atoms with E-state index in [4.69, 9.17) is 15.2 Å². The number of aromatic amines is 1. The molecule has 1 heterocycles. The van der Waals surface area contributed by atoms with Gasteiger partial charge in [-0.2, -0.15) is 0 Å². The molecule has 5 N–H and O–H groups in total. The summed E-state index contributed by atoms with van der Waals surface area (Å²) in [6.07, 6.45) is 0. The molecule has 24 heavy (non-hydrogen) atoms. The number of H-pyrrole nitrogens is 1. The molecular weight excluding hydrogens is 320 g/mol. The third kappa shape index (κ3) is 2.62. The van der Waals surface area contributed by atoms with E-state index in [0.717, 1.165) is 0 Å². The van der Waals surface area contributed by atoms with Gasteiger partial charge in [-0.1, -0.05) is 6.07 Å². The number of ether oxygens (including phenoxy) is 2. The van der Waals surface area contributed by atoms with Crippen LogP contribution in [0.1, 0.15) is 20.7 Å². The lowest BCUT2D eigenvalue weighted by atomic mass is 9.94. The number of nitrogens with one attached hydrogen (secondary N) is 1. The van der Waals surface area contributed by atoms with Crippen molar-refractivity contribution in [1.82, 2.24) is 4.98 Å². The van der Waals surface area contributed by atoms with Crippen molar-refractivity contribution in [2.24, 2.45) is 0 Å². The number of carbonyl (C=O) groups is 2. The van der Waals surface area contributed by atoms with Gasteiger partial charge in [0, 0.05) is 5.56 Å². The van der Waals surface area contributed by atoms with Crippen LogP contribution in [-0.4, -0.2) is 41.4 Å². The van der Waals surface area contributed by atoms with Crippen LogP contribution >= 0.6 is 0 Å². The van der Waals surface area contributed by atoms with Crippen LogP contribution < -0.4 is 20.8 Å². The molecule has 2 rings (SSSR count). The maximum Gasteiger partial charge on any atom is 0.342 e. The van der Waals surface area contributed by atoms with Gasteiger partial charge in [0.05, 0.1) is 19.8 Å². The van der Waals surface area contributed by atoms with Gasteiger partial charge in [-0.25, -0.2) is 9.59 Å². The number of aromatic carboxylic acids is 2. The molecule has 0 fully saturated rings. The fraction of sp³-hybridized carbons (Fsp3) is 0.133. The Balaban J connectivity index is 3.12. The number of hydrogen-bond donors (Lipinski definition) is 4. The fourth-order valence-corrected chi connectivity index (χ4v) is 2.39. The minimum Gasteiger partial charge on any atom is -0.496 e. The summed E-state index contributed by atoms with van der Waals surface area (Å²) in [6, 6.07) is 4.53. The van der Waals surface area contributed by atoms with Crippen molar-refractivity contribution in [3.8, 4) is 22.6 Å². The molecule has 0 aliphatic rings. The standard InChI is InChI=1S/C15H14N2O7/c1-23-6-4-3-5-7(24-2)8(6)9-10(14(19)20)12(16)17-13(18)11(9)15(21)22/h3-5H,1-2H3,(H,19,20)(H,21,22)(H3,16,17,18). The summed E-state index contributed by atoms with van der Waals surface area (Å²) in [5.74, 6) is -3.33. The van der Waals surface area contributed by atoms with Crippen LogP contribution in [-0.2, 0) is 0 Å². The zero-order valence-electron chi connectivity index (χ0n) is 12.7. The summed E-state index contributed by atoms with van der Waals surface area (Å²) in [7, 11) is 2.63. The normalized spacial score (nSPS) is 10.2. The highest BCUT2D eigenvalue weighted by Crippen LogP contribution is 2.42. The van der Waals surface area contributed by atoms with Crippen LogP contribution in [0, 0.1) is 0 Å². The number of carboxylic acids is 2. The second-order valence-electron chi connectivity index (χ2n) is 4.64. The van der Waals surface area contributed by atoms with Gasteiger partial charge in [-0.3, -0.25) is 4.79 Å². The van der Waals surface area contributed by atoms with Crippen LogP contribution in [0.3, 0.4) is 0 Å². The maximum atomic E-state index is 12.1. The van der Waals surface area contributed by atoms with E-state index in [0.29, 0.717) is 0 Å². The number of rotatable bonds is 5. The van der Waals surface area contributed by atoms with Crippen molar-refractivity contribution in [3.63, 3.8) is 0 Å². The molecule has 2 aromatic rings. The SMILES string of the molecule is COc1cccc(OC)c1-c1c(C(=O)O)c(N)[nH]c(=O)c1C(=O)O. The number of anilines is 1. The van der Waals surface area contributed by atoms with Crippen molar-refractivity contribution < 1.29 is 29.3 Å². The average molecular weight is 334 g/mol. The Morgan fingerprint density at radius 3 is 1.92 bits per heavy atom. The molecule has 1 aromatic heterocycles. The smallest absolute Gasteiger partial charge is 0.342 e. The van der Waals surface area contributed by atoms with Gasteiger partial charge < -0.3 is 30.4 Å². The van der Waals surface area contributed by atoms with Crippen molar-refractivity contribution in [2.75, 3.05) is 20.0 Å². The van der Waals surface area contributed by atoms with E-state index in [2.05, 4.69) is 0 Å². The maximum absolute atomic E-state index is 12.1. The number of benzene rings is 1. The number of pyridine rings is 1. The molecule has 9 nitrogen and oxygen atoms in total. The molecule has 0 saturated carbocycles. The molecule has 0 radical (unpaired) electrons. The molecule has 1 aromatic carbocycles. The Morgan fingerprint density at radius 1 is 1.00 bits per heavy atom. The van der Waals surface area contributed by atoms with Crippen LogP contribution in [0.25, 0.3) is 11.1 Å². The van der Waals surface area contributed by atoms with Gasteiger partial charge in [-0.05, 0) is 12.1 Å². The number of carboxylic acid groups (broad SMARTS) is 2. The van der Waals surface area contributed by atoms with E-state index >= 15 is 0 Å². The predicted molar refractivity (Wildman–Crippen MR) is 83.9 cm³/mol. The van der Waals surface area contributed by atoms with Crippen LogP contribution in [0.5, 0.6) is 11.5 Å². The van der Waals surface area contributed by atoms with Gasteiger partial charge in [-0.15, -0.1) is 0 Å². The van der Waals surface area contributed by atoms with Gasteiger partial charge in [0.25, 0.3) is 5.56 Å². The Morgan fingerprint density at radius 2 is 1.50 bits per heavy atom. The highest BCUT2D eigenvalue weighted by molar-refractivity contribution is 6.08. The quantitative estimate of drug-likeness (QED) is 0.633. The summed E-state index contributed by atoms with van der Waals surface area (Å²) >= 11 is 0. The summed E-state index contributed by atoms with van der Waals surface area (Å²) in [5, 5.41) is 18.9. The minimum atomic E-state index is -1.61. The number of nitrogen functional groups attached to an aromatic ring is 1. The first-order valence-corrected chi connectivity index (χ1v) is 6.57. The molecule has 0 atom stereocenters. The van der Waals surface area contributed by atoms with E-state index in [1.165, 1.54) is 26.4 Å². The number of methoxy groups -OCH3 is 2. The van der Waals surface area contributed by atoms with Crippen molar-refractivity contribution in [3.05, 3.63) is 39.7 Å². The lowest BCUT2D eigenvalue weighted by Crippen LogP contribution is -2.24. The Hall–Kier alpha value is -3.49. The molecule has 126 valence electrons. The second-order valence-corrected chi connectivity index (χ2v) is 4.64. The molecule has 0 unspecified atom stereocenters. The first kappa shape index (κ1) is 16.9. The van der Waals surface area contributed by atoms with E-state index in [-0.39, 0.29) is 22.6 Å². The van der Waals surface area contributed by atoms with Crippen molar-refractivity contribution in [2.45, 2.75) is 0 Å². The summed E-state index contributed by atoms with van der Waals surface area (Å²) in [6.45, 7) is 0. The molecule has 9 heteroatoms. The first-order chi connectivity index (χ1) is 11.3. The van der Waals surface area contributed by atoms with E-state index in [1.54, 1.807) is 6.07 Å². The first-order valence-electron chi connectivity index (χ1n) is 6.57. The highest BCUT2D eigenvalue weighted by atomic mass is 16.5. The molecule has 0 saturated heterocycles. The zero-order valence-corrected chi connectivity index (χ0v) is 12.7. The van der Waals surface area contributed by atoms with Crippen LogP contribution in [0.2, 0.25) is 0 Å². The van der Waals surface area contributed by atoms with Crippen molar-refractivity contribution in [1.29, 1.82) is 0 Å². The second kappa shape index (κ2) is 6.32. The third-order valence-corrected chi connectivity index (χ3v) is 3.35. The lowest BCUT2D eigenvalue weighted by molar-refractivity contribution is 0.0695. The Kier molecular flexibility index (Phi) is 4.45. The number of nitrogens with two attached hydrogens (primary N) is 1. The summed E-state index contributed by atoms with van der Waals surface area (Å²) in [4.78, 5) is 37.3. The topological polar surface area (TPSA) is 152 Å².